The Morgan fingerprint density at radius 3 is 2.81 bits per heavy atom. The zero-order valence-corrected chi connectivity index (χ0v) is 15.4. The van der Waals surface area contributed by atoms with Crippen molar-refractivity contribution in [1.82, 2.24) is 0 Å². The summed E-state index contributed by atoms with van der Waals surface area (Å²) in [6.07, 6.45) is 3.87. The number of esters is 2. The van der Waals surface area contributed by atoms with E-state index >= 15 is 0 Å². The third kappa shape index (κ3) is 4.51. The molecule has 1 aliphatic heterocycles. The highest BCUT2D eigenvalue weighted by Crippen LogP contribution is 2.36. The quantitative estimate of drug-likeness (QED) is 0.453. The summed E-state index contributed by atoms with van der Waals surface area (Å²) in [5.74, 6) is -1.61. The number of carbonyl (C=O) groups excluding carboxylic acids is 2. The van der Waals surface area contributed by atoms with E-state index < -0.39 is 36.2 Å². The van der Waals surface area contributed by atoms with Crippen LogP contribution in [0.15, 0.2) is 47.1 Å². The minimum Gasteiger partial charge on any atom is -0.458 e. The van der Waals surface area contributed by atoms with E-state index in [1.165, 1.54) is 6.08 Å². The van der Waals surface area contributed by atoms with Crippen molar-refractivity contribution < 1.29 is 29.3 Å². The number of carbonyl (C=O) groups is 2. The summed E-state index contributed by atoms with van der Waals surface area (Å²) in [5, 5.41) is 19.2. The monoisotopic (exact) mass is 362 g/mol. The molecule has 6 nitrogen and oxygen atoms in total. The van der Waals surface area contributed by atoms with Crippen LogP contribution in [-0.2, 0) is 19.1 Å². The highest BCUT2D eigenvalue weighted by atomic mass is 16.6. The van der Waals surface area contributed by atoms with Crippen LogP contribution >= 0.6 is 0 Å². The second-order valence-electron chi connectivity index (χ2n) is 6.85. The maximum Gasteiger partial charge on any atom is 0.334 e. The molecule has 0 aromatic carbocycles. The predicted octanol–water partition coefficient (Wildman–Crippen LogP) is 1.98. The molecule has 2 N–H and O–H groups in total. The molecule has 1 aliphatic carbocycles. The number of ether oxygens (including phenoxy) is 2. The summed E-state index contributed by atoms with van der Waals surface area (Å²) in [6, 6.07) is 0. The molecule has 0 unspecified atom stereocenters. The minimum absolute atomic E-state index is 0.253. The maximum absolute atomic E-state index is 12.3. The Balaban J connectivity index is 2.39. The van der Waals surface area contributed by atoms with Crippen LogP contribution in [0.1, 0.15) is 33.6 Å². The van der Waals surface area contributed by atoms with Crippen molar-refractivity contribution in [2.24, 2.45) is 5.92 Å². The summed E-state index contributed by atoms with van der Waals surface area (Å²) in [5.41, 5.74) is 2.17. The van der Waals surface area contributed by atoms with E-state index in [0.717, 1.165) is 5.57 Å². The van der Waals surface area contributed by atoms with Crippen LogP contribution in [-0.4, -0.2) is 47.1 Å². The molecule has 0 radical (unpaired) electrons. The molecule has 1 saturated heterocycles. The summed E-state index contributed by atoms with van der Waals surface area (Å²) in [7, 11) is 0. The second-order valence-corrected chi connectivity index (χ2v) is 6.85. The van der Waals surface area contributed by atoms with Gasteiger partial charge in [-0.25, -0.2) is 9.59 Å². The molecule has 0 saturated carbocycles. The van der Waals surface area contributed by atoms with Gasteiger partial charge < -0.3 is 19.7 Å². The Bertz CT molecular complexity index is 684. The van der Waals surface area contributed by atoms with Crippen LogP contribution < -0.4 is 0 Å². The molecular formula is C20H26O6. The van der Waals surface area contributed by atoms with Gasteiger partial charge in [0, 0.05) is 17.6 Å². The molecule has 142 valence electrons. The molecule has 2 rings (SSSR count). The molecule has 1 fully saturated rings. The van der Waals surface area contributed by atoms with Crippen molar-refractivity contribution in [2.75, 3.05) is 6.61 Å². The van der Waals surface area contributed by atoms with E-state index in [0.29, 0.717) is 24.0 Å². The molecule has 0 aromatic rings. The summed E-state index contributed by atoms with van der Waals surface area (Å²) < 4.78 is 11.1. The van der Waals surface area contributed by atoms with E-state index in [1.807, 2.05) is 13.0 Å². The third-order valence-corrected chi connectivity index (χ3v) is 4.81. The molecule has 0 spiro atoms. The third-order valence-electron chi connectivity index (χ3n) is 4.81. The van der Waals surface area contributed by atoms with Crippen molar-refractivity contribution in [1.29, 1.82) is 0 Å². The molecule has 0 bridgehead atoms. The Morgan fingerprint density at radius 2 is 2.15 bits per heavy atom. The number of rotatable bonds is 3. The highest BCUT2D eigenvalue weighted by Gasteiger charge is 2.44. The Morgan fingerprint density at radius 1 is 1.46 bits per heavy atom. The van der Waals surface area contributed by atoms with E-state index in [2.05, 4.69) is 6.58 Å². The Kier molecular flexibility index (Phi) is 6.56. The molecule has 26 heavy (non-hydrogen) atoms. The van der Waals surface area contributed by atoms with E-state index in [-0.39, 0.29) is 12.2 Å². The average Bonchev–Trinajstić information content (AvgIpc) is 2.85. The Labute approximate surface area is 153 Å². The lowest BCUT2D eigenvalue weighted by Gasteiger charge is -2.28. The van der Waals surface area contributed by atoms with Gasteiger partial charge in [0.05, 0.1) is 18.6 Å². The zero-order chi connectivity index (χ0) is 19.4. The molecular weight excluding hydrogens is 336 g/mol. The van der Waals surface area contributed by atoms with Gasteiger partial charge in [-0.1, -0.05) is 18.2 Å². The van der Waals surface area contributed by atoms with Gasteiger partial charge in [0.25, 0.3) is 0 Å². The predicted molar refractivity (Wildman–Crippen MR) is 96.0 cm³/mol. The number of hydrogen-bond acceptors (Lipinski definition) is 6. The summed E-state index contributed by atoms with van der Waals surface area (Å²) >= 11 is 0. The molecule has 0 amide bonds. The maximum atomic E-state index is 12.3. The lowest BCUT2D eigenvalue weighted by molar-refractivity contribution is -0.147. The first-order chi connectivity index (χ1) is 12.2. The SMILES string of the molecule is C=C1C(=O)O[C@@H]2/C=C(\C)[C@H](O)C/C=C(\C)C[C@@H](OC(=O)/C(C)=C/CO)[C@@H]12. The van der Waals surface area contributed by atoms with Crippen molar-refractivity contribution in [2.45, 2.75) is 51.9 Å². The topological polar surface area (TPSA) is 93.1 Å². The lowest BCUT2D eigenvalue weighted by Crippen LogP contribution is -2.34. The van der Waals surface area contributed by atoms with Crippen molar-refractivity contribution in [3.63, 3.8) is 0 Å². The van der Waals surface area contributed by atoms with E-state index in [4.69, 9.17) is 14.6 Å². The van der Waals surface area contributed by atoms with Crippen molar-refractivity contribution in [3.8, 4) is 0 Å². The molecule has 1 heterocycles. The van der Waals surface area contributed by atoms with Crippen LogP contribution in [0.5, 0.6) is 0 Å². The Hall–Kier alpha value is -2.18. The molecule has 4 atom stereocenters. The van der Waals surface area contributed by atoms with Gasteiger partial charge in [0.15, 0.2) is 0 Å². The fourth-order valence-corrected chi connectivity index (χ4v) is 3.14. The van der Waals surface area contributed by atoms with Gasteiger partial charge >= 0.3 is 11.9 Å². The molecule has 2 aliphatic rings. The summed E-state index contributed by atoms with van der Waals surface area (Å²) in [4.78, 5) is 24.4. The number of aliphatic hydroxyl groups excluding tert-OH is 2. The normalized spacial score (nSPS) is 34.1. The van der Waals surface area contributed by atoms with E-state index in [9.17, 15) is 14.7 Å². The van der Waals surface area contributed by atoms with Gasteiger partial charge in [-0.2, -0.15) is 0 Å². The number of hydrogen-bond donors (Lipinski definition) is 2. The fourth-order valence-electron chi connectivity index (χ4n) is 3.14. The van der Waals surface area contributed by atoms with Gasteiger partial charge in [-0.3, -0.25) is 0 Å². The van der Waals surface area contributed by atoms with Gasteiger partial charge in [0.2, 0.25) is 0 Å². The minimum atomic E-state index is -0.660. The lowest BCUT2D eigenvalue weighted by atomic mass is 9.85. The van der Waals surface area contributed by atoms with Gasteiger partial charge in [-0.15, -0.1) is 0 Å². The van der Waals surface area contributed by atoms with Crippen LogP contribution in [0.25, 0.3) is 0 Å². The largest absolute Gasteiger partial charge is 0.458 e. The van der Waals surface area contributed by atoms with Crippen LogP contribution in [0.4, 0.5) is 0 Å². The smallest absolute Gasteiger partial charge is 0.334 e. The van der Waals surface area contributed by atoms with Crippen LogP contribution in [0, 0.1) is 5.92 Å². The number of aliphatic hydroxyl groups is 2. The first kappa shape index (κ1) is 20.1. The molecule has 0 aromatic heterocycles. The van der Waals surface area contributed by atoms with E-state index in [1.54, 1.807) is 19.9 Å². The van der Waals surface area contributed by atoms with Gasteiger partial charge in [-0.05, 0) is 44.9 Å². The highest BCUT2D eigenvalue weighted by molar-refractivity contribution is 5.92. The fraction of sp³-hybridized carbons (Fsp3) is 0.500. The van der Waals surface area contributed by atoms with Gasteiger partial charge in [0.1, 0.15) is 12.2 Å². The number of fused-ring (bicyclic) bond motifs is 1. The zero-order valence-electron chi connectivity index (χ0n) is 15.4. The van der Waals surface area contributed by atoms with Crippen LogP contribution in [0.3, 0.4) is 0 Å². The summed E-state index contributed by atoms with van der Waals surface area (Å²) in [6.45, 7) is 8.79. The van der Waals surface area contributed by atoms with Crippen molar-refractivity contribution >= 4 is 11.9 Å². The standard InChI is InChI=1S/C20H26O6/c1-11-5-6-15(22)13(3)10-17-18(14(4)20(24)26-17)16(9-11)25-19(23)12(2)7-8-21/h5,7,10,15-18,21-22H,4,6,8-9H2,1-3H3/b11-5+,12-7+,13-10+/t15-,16-,17-,18-/m1/s1. The first-order valence-electron chi connectivity index (χ1n) is 8.65. The second kappa shape index (κ2) is 8.47. The molecule has 6 heteroatoms. The first-order valence-corrected chi connectivity index (χ1v) is 8.65. The average molecular weight is 362 g/mol. The van der Waals surface area contributed by atoms with Crippen molar-refractivity contribution in [3.05, 3.63) is 47.1 Å². The van der Waals surface area contributed by atoms with Crippen LogP contribution in [0.2, 0.25) is 0 Å².